The number of hydrogen-bond donors (Lipinski definition) is 1. The number of carbonyl (C=O) groups excluding carboxylic acids is 2. The molecule has 1 heterocycles. The van der Waals surface area contributed by atoms with Gasteiger partial charge < -0.3 is 19.5 Å². The largest absolute Gasteiger partial charge is 0.421 e. The second-order valence-corrected chi connectivity index (χ2v) is 7.82. The van der Waals surface area contributed by atoms with Gasteiger partial charge in [0, 0.05) is 25.9 Å². The molecule has 0 bridgehead atoms. The Balaban J connectivity index is 1.64. The summed E-state index contributed by atoms with van der Waals surface area (Å²) in [7, 11) is 1.82. The van der Waals surface area contributed by atoms with Crippen LogP contribution in [-0.2, 0) is 14.3 Å². The van der Waals surface area contributed by atoms with E-state index in [2.05, 4.69) is 5.32 Å². The fourth-order valence-corrected chi connectivity index (χ4v) is 4.42. The molecule has 1 saturated carbocycles. The van der Waals surface area contributed by atoms with Gasteiger partial charge in [0.25, 0.3) is 0 Å². The van der Waals surface area contributed by atoms with Crippen LogP contribution in [0.5, 0.6) is 5.75 Å². The molecule has 2 aliphatic rings. The van der Waals surface area contributed by atoms with E-state index in [-0.39, 0.29) is 18.4 Å². The van der Waals surface area contributed by atoms with Gasteiger partial charge in [0.2, 0.25) is 5.91 Å². The van der Waals surface area contributed by atoms with Gasteiger partial charge >= 0.3 is 6.09 Å². The molecular weight excluding hydrogens is 372 g/mol. The average Bonchev–Trinajstić information content (AvgIpc) is 3.16. The number of carbonyl (C=O) groups is 2. The minimum atomic E-state index is -0.632. The number of amides is 2. The first-order chi connectivity index (χ1) is 14.1. The number of benzene rings is 1. The molecule has 7 heteroatoms. The van der Waals surface area contributed by atoms with Crippen molar-refractivity contribution in [1.82, 2.24) is 10.2 Å². The predicted molar refractivity (Wildman–Crippen MR) is 108 cm³/mol. The Kier molecular flexibility index (Phi) is 7.64. The van der Waals surface area contributed by atoms with Crippen LogP contribution in [0, 0.1) is 11.8 Å². The number of para-hydroxylation sites is 1. The highest BCUT2D eigenvalue weighted by molar-refractivity contribution is 5.94. The van der Waals surface area contributed by atoms with Crippen molar-refractivity contribution >= 4 is 12.0 Å². The summed E-state index contributed by atoms with van der Waals surface area (Å²) in [5.74, 6) is -0.209. The van der Waals surface area contributed by atoms with Crippen molar-refractivity contribution in [3.8, 4) is 5.75 Å². The maximum atomic E-state index is 13.2. The predicted octanol–water partition coefficient (Wildman–Crippen LogP) is 3.19. The molecule has 2 amide bonds. The summed E-state index contributed by atoms with van der Waals surface area (Å²) in [6.07, 6.45) is 3.86. The smallest absolute Gasteiger partial charge is 0.410 e. The van der Waals surface area contributed by atoms with Gasteiger partial charge in [-0.25, -0.2) is 9.69 Å². The van der Waals surface area contributed by atoms with Crippen molar-refractivity contribution in [2.45, 2.75) is 44.8 Å². The monoisotopic (exact) mass is 404 g/mol. The summed E-state index contributed by atoms with van der Waals surface area (Å²) in [6.45, 7) is 3.85. The lowest BCUT2D eigenvalue weighted by molar-refractivity contribution is -0.188. The number of ether oxygens (including phenoxy) is 3. The maximum Gasteiger partial charge on any atom is 0.421 e. The third-order valence-corrected chi connectivity index (χ3v) is 5.75. The average molecular weight is 405 g/mol. The summed E-state index contributed by atoms with van der Waals surface area (Å²) in [6, 6.07) is 8.82. The fourth-order valence-electron chi connectivity index (χ4n) is 4.42. The van der Waals surface area contributed by atoms with Crippen molar-refractivity contribution < 1.29 is 23.8 Å². The van der Waals surface area contributed by atoms with Crippen molar-refractivity contribution in [2.24, 2.45) is 11.8 Å². The molecular formula is C22H32N2O5. The van der Waals surface area contributed by atoms with E-state index in [4.69, 9.17) is 14.2 Å². The molecule has 2 atom stereocenters. The molecule has 1 aliphatic heterocycles. The van der Waals surface area contributed by atoms with E-state index < -0.39 is 11.9 Å². The van der Waals surface area contributed by atoms with Crippen molar-refractivity contribution in [3.63, 3.8) is 0 Å². The van der Waals surface area contributed by atoms with Gasteiger partial charge in [-0.05, 0) is 44.9 Å². The van der Waals surface area contributed by atoms with E-state index in [0.29, 0.717) is 37.8 Å². The van der Waals surface area contributed by atoms with E-state index in [1.54, 1.807) is 31.2 Å². The molecule has 1 aliphatic carbocycles. The van der Waals surface area contributed by atoms with E-state index in [1.807, 2.05) is 13.1 Å². The van der Waals surface area contributed by atoms with E-state index in [1.165, 1.54) is 4.90 Å². The second kappa shape index (κ2) is 10.2. The fraction of sp³-hybridized carbons (Fsp3) is 0.636. The molecule has 0 aromatic heterocycles. The molecule has 1 saturated heterocycles. The van der Waals surface area contributed by atoms with Gasteiger partial charge in [-0.3, -0.25) is 4.79 Å². The summed E-state index contributed by atoms with van der Waals surface area (Å²) in [5.41, 5.74) is 0. The molecule has 0 radical (unpaired) electrons. The van der Waals surface area contributed by atoms with Gasteiger partial charge in [0.1, 0.15) is 5.75 Å². The summed E-state index contributed by atoms with van der Waals surface area (Å²) < 4.78 is 17.1. The van der Waals surface area contributed by atoms with E-state index in [9.17, 15) is 9.59 Å². The van der Waals surface area contributed by atoms with Gasteiger partial charge in [-0.1, -0.05) is 24.6 Å². The minimum absolute atomic E-state index is 0.198. The van der Waals surface area contributed by atoms with Crippen LogP contribution >= 0.6 is 0 Å². The zero-order chi connectivity index (χ0) is 20.7. The normalized spacial score (nSPS) is 21.7. The standard InChI is InChI=1S/C22H32N2O5/c1-3-24(21(26)29-19-9-5-4-6-10-19)20(25)18(16-23-2)14-17-8-7-11-22(15-17)27-12-13-28-22/h4-6,9-10,17-18,23H,3,7-8,11-16H2,1-2H3. The van der Waals surface area contributed by atoms with Crippen molar-refractivity contribution in [2.75, 3.05) is 33.4 Å². The minimum Gasteiger partial charge on any atom is -0.410 e. The highest BCUT2D eigenvalue weighted by atomic mass is 16.7. The lowest BCUT2D eigenvalue weighted by Crippen LogP contribution is -2.46. The molecule has 2 fully saturated rings. The van der Waals surface area contributed by atoms with Crippen LogP contribution in [0.15, 0.2) is 30.3 Å². The Bertz CT molecular complexity index is 675. The Morgan fingerprint density at radius 2 is 2.00 bits per heavy atom. The summed E-state index contributed by atoms with van der Waals surface area (Å²) in [5, 5.41) is 3.10. The van der Waals surface area contributed by atoms with Crippen LogP contribution in [0.3, 0.4) is 0 Å². The van der Waals surface area contributed by atoms with Crippen LogP contribution in [0.25, 0.3) is 0 Å². The van der Waals surface area contributed by atoms with Crippen LogP contribution in [-0.4, -0.2) is 56.0 Å². The third kappa shape index (κ3) is 5.56. The lowest BCUT2D eigenvalue weighted by Gasteiger charge is -2.37. The maximum absolute atomic E-state index is 13.2. The van der Waals surface area contributed by atoms with Crippen LogP contribution in [0.4, 0.5) is 4.79 Å². The molecule has 29 heavy (non-hydrogen) atoms. The SMILES string of the molecule is CCN(C(=O)Oc1ccccc1)C(=O)C(CNC)CC1CCCC2(C1)OCCO2. The molecule has 2 unspecified atom stereocenters. The number of imide groups is 1. The van der Waals surface area contributed by atoms with Gasteiger partial charge in [-0.15, -0.1) is 0 Å². The summed E-state index contributed by atoms with van der Waals surface area (Å²) >= 11 is 0. The third-order valence-electron chi connectivity index (χ3n) is 5.75. The highest BCUT2D eigenvalue weighted by Gasteiger charge is 2.42. The molecule has 160 valence electrons. The second-order valence-electron chi connectivity index (χ2n) is 7.82. The lowest BCUT2D eigenvalue weighted by atomic mass is 9.79. The van der Waals surface area contributed by atoms with E-state index in [0.717, 1.165) is 25.7 Å². The van der Waals surface area contributed by atoms with Crippen LogP contribution in [0.1, 0.15) is 39.0 Å². The molecule has 1 aromatic rings. The first-order valence-corrected chi connectivity index (χ1v) is 10.6. The van der Waals surface area contributed by atoms with Gasteiger partial charge in [-0.2, -0.15) is 0 Å². The van der Waals surface area contributed by atoms with Crippen molar-refractivity contribution in [3.05, 3.63) is 30.3 Å². The topological polar surface area (TPSA) is 77.1 Å². The molecule has 7 nitrogen and oxygen atoms in total. The molecule has 1 N–H and O–H groups in total. The van der Waals surface area contributed by atoms with Gasteiger partial charge in [0.05, 0.1) is 19.1 Å². The van der Waals surface area contributed by atoms with E-state index >= 15 is 0 Å². The Labute approximate surface area is 172 Å². The van der Waals surface area contributed by atoms with Crippen LogP contribution in [0.2, 0.25) is 0 Å². The molecule has 3 rings (SSSR count). The van der Waals surface area contributed by atoms with Crippen LogP contribution < -0.4 is 10.1 Å². The quantitative estimate of drug-likeness (QED) is 0.752. The number of rotatable bonds is 7. The molecule has 1 spiro atoms. The summed E-state index contributed by atoms with van der Waals surface area (Å²) in [4.78, 5) is 27.0. The first-order valence-electron chi connectivity index (χ1n) is 10.6. The van der Waals surface area contributed by atoms with Crippen molar-refractivity contribution in [1.29, 1.82) is 0 Å². The van der Waals surface area contributed by atoms with Gasteiger partial charge in [0.15, 0.2) is 5.79 Å². The highest BCUT2D eigenvalue weighted by Crippen LogP contribution is 2.41. The number of nitrogens with zero attached hydrogens (tertiary/aromatic N) is 1. The Hall–Kier alpha value is -1.96. The molecule has 1 aromatic carbocycles. The number of hydrogen-bond acceptors (Lipinski definition) is 6. The Morgan fingerprint density at radius 1 is 1.28 bits per heavy atom. The number of nitrogens with one attached hydrogen (secondary N) is 1. The Morgan fingerprint density at radius 3 is 2.66 bits per heavy atom. The zero-order valence-corrected chi connectivity index (χ0v) is 17.4. The zero-order valence-electron chi connectivity index (χ0n) is 17.4. The first kappa shape index (κ1) is 21.7.